The van der Waals surface area contributed by atoms with Crippen LogP contribution in [0.3, 0.4) is 0 Å². The fraction of sp³-hybridized carbons (Fsp3) is 0.350. The van der Waals surface area contributed by atoms with E-state index in [0.29, 0.717) is 18.8 Å². The smallest absolute Gasteiger partial charge is 0.270 e. The van der Waals surface area contributed by atoms with Crippen LogP contribution in [0.25, 0.3) is 0 Å². The summed E-state index contributed by atoms with van der Waals surface area (Å²) in [7, 11) is 1.63. The van der Waals surface area contributed by atoms with E-state index in [1.807, 2.05) is 31.2 Å². The topological polar surface area (TPSA) is 74.3 Å². The Hall–Kier alpha value is -2.73. The number of aryl methyl sites for hydroxylation is 1. The number of carbonyl (C=O) groups is 2. The van der Waals surface area contributed by atoms with Crippen LogP contribution in [0.5, 0.6) is 0 Å². The van der Waals surface area contributed by atoms with Crippen molar-refractivity contribution in [1.29, 1.82) is 0 Å². The Bertz CT molecular complexity index is 778. The Kier molecular flexibility index (Phi) is 5.63. The first-order valence-corrected chi connectivity index (χ1v) is 8.79. The van der Waals surface area contributed by atoms with E-state index in [-0.39, 0.29) is 23.8 Å². The lowest BCUT2D eigenvalue weighted by Gasteiger charge is -2.19. The third-order valence-corrected chi connectivity index (χ3v) is 4.77. The highest BCUT2D eigenvalue weighted by atomic mass is 16.2. The van der Waals surface area contributed by atoms with Crippen molar-refractivity contribution in [2.75, 3.05) is 20.1 Å². The van der Waals surface area contributed by atoms with Crippen LogP contribution in [0.15, 0.2) is 48.7 Å². The van der Waals surface area contributed by atoms with Gasteiger partial charge in [0, 0.05) is 32.9 Å². The molecule has 2 atom stereocenters. The van der Waals surface area contributed by atoms with Crippen LogP contribution < -0.4 is 10.6 Å². The van der Waals surface area contributed by atoms with Gasteiger partial charge in [0.1, 0.15) is 5.69 Å². The van der Waals surface area contributed by atoms with Crippen LogP contribution in [0.1, 0.15) is 21.6 Å². The Morgan fingerprint density at radius 1 is 1.15 bits per heavy atom. The second-order valence-electron chi connectivity index (χ2n) is 6.65. The summed E-state index contributed by atoms with van der Waals surface area (Å²) < 4.78 is 0. The molecule has 2 heterocycles. The summed E-state index contributed by atoms with van der Waals surface area (Å²) in [5.41, 5.74) is 2.42. The number of benzene rings is 1. The zero-order chi connectivity index (χ0) is 18.5. The molecule has 1 aliphatic rings. The number of carbonyl (C=O) groups excluding carboxylic acids is 2. The molecule has 3 rings (SSSR count). The van der Waals surface area contributed by atoms with Crippen LogP contribution in [0.4, 0.5) is 0 Å². The van der Waals surface area contributed by atoms with E-state index in [1.54, 1.807) is 19.3 Å². The molecule has 0 unspecified atom stereocenters. The Balaban J connectivity index is 1.72. The molecular weight excluding hydrogens is 328 g/mol. The monoisotopic (exact) mass is 352 g/mol. The number of rotatable bonds is 5. The molecule has 2 aromatic rings. The van der Waals surface area contributed by atoms with Crippen molar-refractivity contribution in [3.8, 4) is 0 Å². The van der Waals surface area contributed by atoms with Crippen molar-refractivity contribution >= 4 is 11.8 Å². The molecule has 2 N–H and O–H groups in total. The third kappa shape index (κ3) is 4.08. The highest BCUT2D eigenvalue weighted by Crippen LogP contribution is 2.20. The minimum atomic E-state index is -0.281. The minimum Gasteiger partial charge on any atom is -0.359 e. The van der Waals surface area contributed by atoms with E-state index < -0.39 is 0 Å². The van der Waals surface area contributed by atoms with E-state index in [9.17, 15) is 9.59 Å². The van der Waals surface area contributed by atoms with Gasteiger partial charge in [-0.25, -0.2) is 0 Å². The number of nitrogens with zero attached hydrogens (tertiary/aromatic N) is 2. The number of amides is 2. The molecule has 136 valence electrons. The van der Waals surface area contributed by atoms with E-state index in [2.05, 4.69) is 32.7 Å². The van der Waals surface area contributed by atoms with Gasteiger partial charge in [0.25, 0.3) is 5.91 Å². The molecular formula is C20H24N4O2. The van der Waals surface area contributed by atoms with Gasteiger partial charge in [0.15, 0.2) is 0 Å². The number of nitrogens with one attached hydrogen (secondary N) is 2. The van der Waals surface area contributed by atoms with Crippen molar-refractivity contribution in [1.82, 2.24) is 20.5 Å². The first-order chi connectivity index (χ1) is 12.6. The van der Waals surface area contributed by atoms with Crippen LogP contribution in [0.2, 0.25) is 0 Å². The quantitative estimate of drug-likeness (QED) is 0.852. The molecule has 0 saturated carbocycles. The number of hydrogen-bond acceptors (Lipinski definition) is 4. The fourth-order valence-electron chi connectivity index (χ4n) is 3.41. The van der Waals surface area contributed by atoms with Gasteiger partial charge in [-0.2, -0.15) is 0 Å². The zero-order valence-electron chi connectivity index (χ0n) is 15.1. The molecule has 1 aromatic carbocycles. The van der Waals surface area contributed by atoms with E-state index in [1.165, 1.54) is 5.56 Å². The van der Waals surface area contributed by atoms with Crippen molar-refractivity contribution < 1.29 is 9.59 Å². The second kappa shape index (κ2) is 8.10. The molecule has 0 radical (unpaired) electrons. The second-order valence-corrected chi connectivity index (χ2v) is 6.65. The van der Waals surface area contributed by atoms with Gasteiger partial charge in [-0.3, -0.25) is 19.5 Å². The molecule has 1 fully saturated rings. The van der Waals surface area contributed by atoms with Gasteiger partial charge in [0.05, 0.1) is 12.0 Å². The zero-order valence-corrected chi connectivity index (χ0v) is 15.1. The minimum absolute atomic E-state index is 0.0522. The molecule has 1 aromatic heterocycles. The molecule has 0 bridgehead atoms. The van der Waals surface area contributed by atoms with E-state index in [0.717, 1.165) is 12.1 Å². The molecule has 6 nitrogen and oxygen atoms in total. The lowest BCUT2D eigenvalue weighted by atomic mass is 10.0. The van der Waals surface area contributed by atoms with Crippen LogP contribution >= 0.6 is 0 Å². The van der Waals surface area contributed by atoms with Gasteiger partial charge in [-0.15, -0.1) is 0 Å². The van der Waals surface area contributed by atoms with Gasteiger partial charge in [0.2, 0.25) is 5.91 Å². The molecule has 1 aliphatic heterocycles. The van der Waals surface area contributed by atoms with Gasteiger partial charge >= 0.3 is 0 Å². The first-order valence-electron chi connectivity index (χ1n) is 8.79. The van der Waals surface area contributed by atoms with Crippen molar-refractivity contribution in [2.45, 2.75) is 19.5 Å². The molecule has 2 amide bonds. The normalized spacial score (nSPS) is 19.9. The number of likely N-dealkylation sites (tertiary alicyclic amines) is 1. The number of hydrogen-bond donors (Lipinski definition) is 2. The van der Waals surface area contributed by atoms with E-state index >= 15 is 0 Å². The summed E-state index contributed by atoms with van der Waals surface area (Å²) in [6.07, 6.45) is 1.61. The molecule has 0 spiro atoms. The van der Waals surface area contributed by atoms with Crippen LogP contribution in [0, 0.1) is 12.8 Å². The largest absolute Gasteiger partial charge is 0.359 e. The molecule has 1 saturated heterocycles. The Morgan fingerprint density at radius 2 is 1.92 bits per heavy atom. The molecule has 6 heteroatoms. The van der Waals surface area contributed by atoms with Gasteiger partial charge < -0.3 is 10.6 Å². The van der Waals surface area contributed by atoms with Crippen LogP contribution in [-0.2, 0) is 11.3 Å². The summed E-state index contributed by atoms with van der Waals surface area (Å²) in [6, 6.07) is 13.5. The highest BCUT2D eigenvalue weighted by Gasteiger charge is 2.38. The van der Waals surface area contributed by atoms with Gasteiger partial charge in [-0.1, -0.05) is 36.4 Å². The fourth-order valence-corrected chi connectivity index (χ4v) is 3.41. The lowest BCUT2D eigenvalue weighted by Crippen LogP contribution is -2.45. The average molecular weight is 352 g/mol. The number of pyridine rings is 1. The average Bonchev–Trinajstić information content (AvgIpc) is 3.04. The maximum atomic E-state index is 12.6. The van der Waals surface area contributed by atoms with E-state index in [4.69, 9.17) is 0 Å². The lowest BCUT2D eigenvalue weighted by molar-refractivity contribution is -0.124. The van der Waals surface area contributed by atoms with Crippen molar-refractivity contribution in [3.63, 3.8) is 0 Å². The van der Waals surface area contributed by atoms with Gasteiger partial charge in [-0.05, 0) is 24.1 Å². The summed E-state index contributed by atoms with van der Waals surface area (Å²) in [5, 5.41) is 5.73. The van der Waals surface area contributed by atoms with Crippen molar-refractivity contribution in [3.05, 3.63) is 65.5 Å². The third-order valence-electron chi connectivity index (χ3n) is 4.77. The Morgan fingerprint density at radius 3 is 2.62 bits per heavy atom. The predicted octanol–water partition coefficient (Wildman–Crippen LogP) is 1.37. The maximum Gasteiger partial charge on any atom is 0.270 e. The van der Waals surface area contributed by atoms with Crippen molar-refractivity contribution in [2.24, 2.45) is 5.92 Å². The summed E-state index contributed by atoms with van der Waals surface area (Å²) in [6.45, 7) is 3.85. The number of aromatic nitrogens is 1. The standard InChI is InChI=1S/C20H24N4O2/c1-14-7-6-10-22-18(14)20(26)23-17-13-24(12-16(17)19(25)21-2)11-15-8-4-3-5-9-15/h3-10,16-17H,11-13H2,1-2H3,(H,21,25)(H,23,26)/t16-,17-/m0/s1. The highest BCUT2D eigenvalue weighted by molar-refractivity contribution is 5.94. The summed E-state index contributed by atoms with van der Waals surface area (Å²) in [4.78, 5) is 31.3. The summed E-state index contributed by atoms with van der Waals surface area (Å²) in [5.74, 6) is -0.566. The molecule has 0 aliphatic carbocycles. The summed E-state index contributed by atoms with van der Waals surface area (Å²) >= 11 is 0. The molecule has 26 heavy (non-hydrogen) atoms. The maximum absolute atomic E-state index is 12.6. The first kappa shape index (κ1) is 18.1. The predicted molar refractivity (Wildman–Crippen MR) is 99.5 cm³/mol. The Labute approximate surface area is 153 Å². The van der Waals surface area contributed by atoms with Crippen LogP contribution in [-0.4, -0.2) is 47.9 Å². The SMILES string of the molecule is CNC(=O)[C@H]1CN(Cc2ccccc2)C[C@@H]1NC(=O)c1ncccc1C.